The third-order valence-corrected chi connectivity index (χ3v) is 3.63. The van der Waals surface area contributed by atoms with Crippen LogP contribution in [-0.2, 0) is 7.05 Å². The largest absolute Gasteiger partial charge is 0.302 e. The van der Waals surface area contributed by atoms with Gasteiger partial charge in [0.05, 0.1) is 11.4 Å². The minimum Gasteiger partial charge on any atom is -0.302 e. The first-order valence-corrected chi connectivity index (χ1v) is 6.67. The molecule has 2 rings (SSSR count). The van der Waals surface area contributed by atoms with Crippen LogP contribution in [0.3, 0.4) is 0 Å². The molecule has 0 aliphatic heterocycles. The maximum absolute atomic E-state index is 4.47. The Morgan fingerprint density at radius 1 is 1.16 bits per heavy atom. The Bertz CT molecular complexity index is 545. The molecule has 2 aromatic rings. The van der Waals surface area contributed by atoms with E-state index >= 15 is 0 Å². The van der Waals surface area contributed by atoms with Crippen LogP contribution in [0.4, 0.5) is 0 Å². The predicted octanol–water partition coefficient (Wildman–Crippen LogP) is 2.84. The summed E-state index contributed by atoms with van der Waals surface area (Å²) in [6.45, 7) is 8.49. The summed E-state index contributed by atoms with van der Waals surface area (Å²) in [5.74, 6) is 0. The van der Waals surface area contributed by atoms with Crippen molar-refractivity contribution in [1.82, 2.24) is 20.1 Å². The Kier molecular flexibility index (Phi) is 4.00. The standard InChI is InChI=1S/C15H22N4/c1-10(14-8-6-7-9-16-14)17-11(2)15-12(3)18-19(5)13(15)4/h6-11,17H,1-5H3/t10-,11?/m1/s1. The fraction of sp³-hybridized carbons (Fsp3) is 0.467. The summed E-state index contributed by atoms with van der Waals surface area (Å²) < 4.78 is 1.94. The Hall–Kier alpha value is -1.68. The molecule has 19 heavy (non-hydrogen) atoms. The topological polar surface area (TPSA) is 42.7 Å². The molecule has 2 aromatic heterocycles. The zero-order chi connectivity index (χ0) is 14.0. The van der Waals surface area contributed by atoms with Gasteiger partial charge < -0.3 is 5.32 Å². The van der Waals surface area contributed by atoms with E-state index in [0.29, 0.717) is 0 Å². The van der Waals surface area contributed by atoms with Gasteiger partial charge in [0.1, 0.15) is 0 Å². The zero-order valence-corrected chi connectivity index (χ0v) is 12.3. The highest BCUT2D eigenvalue weighted by molar-refractivity contribution is 5.28. The van der Waals surface area contributed by atoms with Crippen LogP contribution in [0.15, 0.2) is 24.4 Å². The van der Waals surface area contributed by atoms with E-state index in [9.17, 15) is 0 Å². The second-order valence-electron chi connectivity index (χ2n) is 5.07. The van der Waals surface area contributed by atoms with Crippen molar-refractivity contribution in [2.45, 2.75) is 39.8 Å². The number of nitrogens with one attached hydrogen (secondary N) is 1. The van der Waals surface area contributed by atoms with Gasteiger partial charge in [0.2, 0.25) is 0 Å². The Morgan fingerprint density at radius 2 is 1.89 bits per heavy atom. The van der Waals surface area contributed by atoms with Gasteiger partial charge in [-0.2, -0.15) is 5.10 Å². The summed E-state index contributed by atoms with van der Waals surface area (Å²) >= 11 is 0. The van der Waals surface area contributed by atoms with Crippen molar-refractivity contribution in [2.24, 2.45) is 7.05 Å². The van der Waals surface area contributed by atoms with E-state index in [1.165, 1.54) is 11.3 Å². The van der Waals surface area contributed by atoms with E-state index < -0.39 is 0 Å². The minimum atomic E-state index is 0.218. The molecule has 1 unspecified atom stereocenters. The Morgan fingerprint density at radius 3 is 2.42 bits per heavy atom. The lowest BCUT2D eigenvalue weighted by Crippen LogP contribution is -2.24. The highest BCUT2D eigenvalue weighted by atomic mass is 15.3. The lowest BCUT2D eigenvalue weighted by atomic mass is 10.0. The second-order valence-corrected chi connectivity index (χ2v) is 5.07. The molecule has 2 atom stereocenters. The molecule has 0 fully saturated rings. The van der Waals surface area contributed by atoms with Gasteiger partial charge in [0, 0.05) is 36.6 Å². The number of nitrogens with zero attached hydrogens (tertiary/aromatic N) is 3. The molecule has 0 bridgehead atoms. The molecule has 0 radical (unpaired) electrons. The monoisotopic (exact) mass is 258 g/mol. The number of pyridine rings is 1. The third kappa shape index (κ3) is 2.84. The highest BCUT2D eigenvalue weighted by Gasteiger charge is 2.18. The maximum Gasteiger partial charge on any atom is 0.0644 e. The van der Waals surface area contributed by atoms with Gasteiger partial charge in [-0.1, -0.05) is 6.07 Å². The molecule has 4 heteroatoms. The minimum absolute atomic E-state index is 0.218. The summed E-state index contributed by atoms with van der Waals surface area (Å²) in [6.07, 6.45) is 1.83. The molecule has 2 heterocycles. The summed E-state index contributed by atoms with van der Waals surface area (Å²) in [4.78, 5) is 4.39. The average Bonchev–Trinajstić information content (AvgIpc) is 2.64. The quantitative estimate of drug-likeness (QED) is 0.917. The second kappa shape index (κ2) is 5.53. The van der Waals surface area contributed by atoms with E-state index in [1.807, 2.05) is 36.1 Å². The van der Waals surface area contributed by atoms with Gasteiger partial charge in [-0.05, 0) is 39.8 Å². The number of hydrogen-bond acceptors (Lipinski definition) is 3. The first-order valence-electron chi connectivity index (χ1n) is 6.67. The van der Waals surface area contributed by atoms with Crippen LogP contribution >= 0.6 is 0 Å². The Balaban J connectivity index is 2.15. The molecule has 0 aromatic carbocycles. The normalized spacial score (nSPS) is 14.4. The van der Waals surface area contributed by atoms with Crippen molar-refractivity contribution in [3.63, 3.8) is 0 Å². The van der Waals surface area contributed by atoms with Crippen molar-refractivity contribution in [3.05, 3.63) is 47.0 Å². The molecule has 0 saturated carbocycles. The molecule has 0 aliphatic carbocycles. The molecular formula is C15H22N4. The summed E-state index contributed by atoms with van der Waals surface area (Å²) in [5.41, 5.74) is 4.65. The molecule has 0 aliphatic rings. The van der Waals surface area contributed by atoms with E-state index in [0.717, 1.165) is 11.4 Å². The van der Waals surface area contributed by atoms with Crippen LogP contribution < -0.4 is 5.32 Å². The van der Waals surface area contributed by atoms with Gasteiger partial charge >= 0.3 is 0 Å². The smallest absolute Gasteiger partial charge is 0.0644 e. The van der Waals surface area contributed by atoms with Crippen molar-refractivity contribution in [2.75, 3.05) is 0 Å². The van der Waals surface area contributed by atoms with E-state index in [2.05, 4.69) is 43.1 Å². The first-order chi connectivity index (χ1) is 9.00. The van der Waals surface area contributed by atoms with Crippen molar-refractivity contribution in [3.8, 4) is 0 Å². The lowest BCUT2D eigenvalue weighted by molar-refractivity contribution is 0.483. The van der Waals surface area contributed by atoms with Crippen molar-refractivity contribution in [1.29, 1.82) is 0 Å². The maximum atomic E-state index is 4.47. The number of rotatable bonds is 4. The van der Waals surface area contributed by atoms with E-state index in [4.69, 9.17) is 0 Å². The third-order valence-electron chi connectivity index (χ3n) is 3.63. The van der Waals surface area contributed by atoms with Crippen molar-refractivity contribution >= 4 is 0 Å². The number of aryl methyl sites for hydroxylation is 2. The molecule has 4 nitrogen and oxygen atoms in total. The van der Waals surface area contributed by atoms with Crippen LogP contribution in [-0.4, -0.2) is 14.8 Å². The SMILES string of the molecule is Cc1nn(C)c(C)c1C(C)N[C@H](C)c1ccccn1. The average molecular weight is 258 g/mol. The molecule has 0 spiro atoms. The van der Waals surface area contributed by atoms with Crippen LogP contribution in [0.2, 0.25) is 0 Å². The van der Waals surface area contributed by atoms with Crippen LogP contribution in [0, 0.1) is 13.8 Å². The van der Waals surface area contributed by atoms with Gasteiger partial charge in [-0.15, -0.1) is 0 Å². The number of aromatic nitrogens is 3. The van der Waals surface area contributed by atoms with Crippen LogP contribution in [0.25, 0.3) is 0 Å². The van der Waals surface area contributed by atoms with Crippen LogP contribution in [0.1, 0.15) is 48.6 Å². The summed E-state index contributed by atoms with van der Waals surface area (Å²) in [5, 5.41) is 8.06. The fourth-order valence-corrected chi connectivity index (χ4v) is 2.59. The Labute approximate surface area is 114 Å². The van der Waals surface area contributed by atoms with E-state index in [-0.39, 0.29) is 12.1 Å². The highest BCUT2D eigenvalue weighted by Crippen LogP contribution is 2.23. The summed E-state index contributed by atoms with van der Waals surface area (Å²) in [7, 11) is 1.99. The van der Waals surface area contributed by atoms with Crippen molar-refractivity contribution < 1.29 is 0 Å². The molecule has 102 valence electrons. The molecular weight excluding hydrogens is 236 g/mol. The predicted molar refractivity (Wildman–Crippen MR) is 76.9 cm³/mol. The zero-order valence-electron chi connectivity index (χ0n) is 12.3. The first kappa shape index (κ1) is 13.7. The molecule has 0 amide bonds. The molecule has 0 saturated heterocycles. The van der Waals surface area contributed by atoms with Gasteiger partial charge in [-0.25, -0.2) is 0 Å². The van der Waals surface area contributed by atoms with E-state index in [1.54, 1.807) is 0 Å². The fourth-order valence-electron chi connectivity index (χ4n) is 2.59. The lowest BCUT2D eigenvalue weighted by Gasteiger charge is -2.20. The van der Waals surface area contributed by atoms with Gasteiger partial charge in [0.15, 0.2) is 0 Å². The molecule has 1 N–H and O–H groups in total. The van der Waals surface area contributed by atoms with Crippen LogP contribution in [0.5, 0.6) is 0 Å². The van der Waals surface area contributed by atoms with Gasteiger partial charge in [-0.3, -0.25) is 9.67 Å². The summed E-state index contributed by atoms with van der Waals surface area (Å²) in [6, 6.07) is 6.48. The number of hydrogen-bond donors (Lipinski definition) is 1. The van der Waals surface area contributed by atoms with Gasteiger partial charge in [0.25, 0.3) is 0 Å².